The van der Waals surface area contributed by atoms with E-state index in [2.05, 4.69) is 4.90 Å². The second-order valence-electron chi connectivity index (χ2n) is 8.88. The molecule has 0 saturated carbocycles. The van der Waals surface area contributed by atoms with Crippen LogP contribution in [-0.4, -0.2) is 68.6 Å². The molecule has 1 fully saturated rings. The number of sulfonamides is 1. The van der Waals surface area contributed by atoms with Gasteiger partial charge in [0.1, 0.15) is 11.6 Å². The highest BCUT2D eigenvalue weighted by Gasteiger charge is 2.29. The van der Waals surface area contributed by atoms with E-state index in [4.69, 9.17) is 4.74 Å². The number of nitrogens with zero attached hydrogens (tertiary/aromatic N) is 2. The SMILES string of the molecule is CC[C@@H]1CN(Cc2ccc(F)cc2)CCN1C(=O)COc1ccc(C)cc1CC(=O)NS(C)(=O)=O. The number of aryl methyl sites for hydroxylation is 1. The first kappa shape index (κ1) is 26.6. The van der Waals surface area contributed by atoms with Crippen LogP contribution in [0.2, 0.25) is 0 Å². The summed E-state index contributed by atoms with van der Waals surface area (Å²) in [5.74, 6) is -0.707. The molecule has 2 aromatic carbocycles. The van der Waals surface area contributed by atoms with E-state index in [0.29, 0.717) is 37.5 Å². The van der Waals surface area contributed by atoms with Gasteiger partial charge in [0.2, 0.25) is 15.9 Å². The molecule has 1 N–H and O–H groups in total. The van der Waals surface area contributed by atoms with Crippen LogP contribution in [0.25, 0.3) is 0 Å². The van der Waals surface area contributed by atoms with Gasteiger partial charge in [0.25, 0.3) is 5.91 Å². The van der Waals surface area contributed by atoms with E-state index in [-0.39, 0.29) is 30.8 Å². The maximum atomic E-state index is 13.2. The van der Waals surface area contributed by atoms with Crippen molar-refractivity contribution in [3.63, 3.8) is 0 Å². The van der Waals surface area contributed by atoms with E-state index in [9.17, 15) is 22.4 Å². The number of hydrogen-bond donors (Lipinski definition) is 1. The quantitative estimate of drug-likeness (QED) is 0.562. The molecule has 8 nitrogen and oxygen atoms in total. The van der Waals surface area contributed by atoms with Gasteiger partial charge in [-0.3, -0.25) is 19.2 Å². The van der Waals surface area contributed by atoms with Gasteiger partial charge in [-0.25, -0.2) is 12.8 Å². The fourth-order valence-electron chi connectivity index (χ4n) is 4.21. The molecule has 1 aliphatic rings. The van der Waals surface area contributed by atoms with Crippen molar-refractivity contribution in [2.45, 2.75) is 39.3 Å². The van der Waals surface area contributed by atoms with Crippen LogP contribution in [0.5, 0.6) is 5.75 Å². The molecule has 0 bridgehead atoms. The van der Waals surface area contributed by atoms with E-state index in [1.54, 1.807) is 30.3 Å². The molecule has 3 rings (SSSR count). The summed E-state index contributed by atoms with van der Waals surface area (Å²) < 4.78 is 43.6. The van der Waals surface area contributed by atoms with Gasteiger partial charge in [0.05, 0.1) is 12.7 Å². The van der Waals surface area contributed by atoms with Crippen LogP contribution in [0, 0.1) is 12.7 Å². The van der Waals surface area contributed by atoms with Crippen LogP contribution in [0.15, 0.2) is 42.5 Å². The number of carbonyl (C=O) groups excluding carboxylic acids is 2. The number of halogens is 1. The zero-order valence-corrected chi connectivity index (χ0v) is 21.1. The van der Waals surface area contributed by atoms with E-state index >= 15 is 0 Å². The molecule has 1 aliphatic heterocycles. The third-order valence-electron chi connectivity index (χ3n) is 5.90. The highest BCUT2D eigenvalue weighted by atomic mass is 32.2. The van der Waals surface area contributed by atoms with Gasteiger partial charge < -0.3 is 9.64 Å². The Morgan fingerprint density at radius 1 is 1.14 bits per heavy atom. The van der Waals surface area contributed by atoms with Crippen molar-refractivity contribution in [2.24, 2.45) is 0 Å². The summed E-state index contributed by atoms with van der Waals surface area (Å²) in [6.45, 7) is 6.35. The topological polar surface area (TPSA) is 96.0 Å². The molecule has 1 saturated heterocycles. The van der Waals surface area contributed by atoms with Crippen molar-refractivity contribution < 1.29 is 27.1 Å². The predicted molar refractivity (Wildman–Crippen MR) is 131 cm³/mol. The number of amides is 2. The largest absolute Gasteiger partial charge is 0.483 e. The molecule has 0 unspecified atom stereocenters. The minimum atomic E-state index is -3.66. The average Bonchev–Trinajstić information content (AvgIpc) is 2.78. The van der Waals surface area contributed by atoms with Crippen molar-refractivity contribution in [3.8, 4) is 5.75 Å². The Morgan fingerprint density at radius 2 is 1.86 bits per heavy atom. The van der Waals surface area contributed by atoms with Crippen LogP contribution in [0.1, 0.15) is 30.0 Å². The lowest BCUT2D eigenvalue weighted by Crippen LogP contribution is -2.55. The van der Waals surface area contributed by atoms with Crippen molar-refractivity contribution in [3.05, 3.63) is 65.0 Å². The van der Waals surface area contributed by atoms with Gasteiger partial charge in [0.15, 0.2) is 6.61 Å². The van der Waals surface area contributed by atoms with E-state index in [0.717, 1.165) is 23.8 Å². The molecule has 0 spiro atoms. The Morgan fingerprint density at radius 3 is 2.51 bits per heavy atom. The molecule has 190 valence electrons. The molecule has 1 heterocycles. The number of piperazine rings is 1. The average molecular weight is 506 g/mol. The summed E-state index contributed by atoms with van der Waals surface area (Å²) in [6, 6.07) is 11.7. The summed E-state index contributed by atoms with van der Waals surface area (Å²) in [5.41, 5.74) is 2.42. The maximum absolute atomic E-state index is 13.2. The lowest BCUT2D eigenvalue weighted by Gasteiger charge is -2.41. The van der Waals surface area contributed by atoms with Gasteiger partial charge >= 0.3 is 0 Å². The maximum Gasteiger partial charge on any atom is 0.260 e. The standard InChI is InChI=1S/C25H32FN3O5S/c1-4-22-16-28(15-19-6-8-21(26)9-7-19)11-12-29(22)25(31)17-34-23-10-5-18(2)13-20(23)14-24(30)27-35(3,32)33/h5-10,13,22H,4,11-12,14-17H2,1-3H3,(H,27,30)/t22-/m1/s1. The number of ether oxygens (including phenoxy) is 1. The summed E-state index contributed by atoms with van der Waals surface area (Å²) in [7, 11) is -3.66. The number of hydrogen-bond acceptors (Lipinski definition) is 6. The van der Waals surface area contributed by atoms with Crippen LogP contribution < -0.4 is 9.46 Å². The lowest BCUT2D eigenvalue weighted by atomic mass is 10.1. The van der Waals surface area contributed by atoms with Crippen LogP contribution in [0.3, 0.4) is 0 Å². The van der Waals surface area contributed by atoms with Crippen molar-refractivity contribution in [1.29, 1.82) is 0 Å². The third kappa shape index (κ3) is 8.03. The molecular weight excluding hydrogens is 473 g/mol. The normalized spacial score (nSPS) is 16.7. The molecule has 0 aromatic heterocycles. The minimum Gasteiger partial charge on any atom is -0.483 e. The first-order chi connectivity index (χ1) is 16.5. The monoisotopic (exact) mass is 505 g/mol. The van der Waals surface area contributed by atoms with E-state index in [1.807, 2.05) is 23.5 Å². The Kier molecular flexibility index (Phi) is 8.85. The fourth-order valence-corrected chi connectivity index (χ4v) is 4.70. The zero-order valence-electron chi connectivity index (χ0n) is 20.3. The second-order valence-corrected chi connectivity index (χ2v) is 10.6. The molecule has 0 radical (unpaired) electrons. The Labute approximate surface area is 206 Å². The Hall–Kier alpha value is -2.98. The van der Waals surface area contributed by atoms with Crippen molar-refractivity contribution in [1.82, 2.24) is 14.5 Å². The minimum absolute atomic E-state index is 0.0262. The number of nitrogens with one attached hydrogen (secondary N) is 1. The van der Waals surface area contributed by atoms with Crippen molar-refractivity contribution in [2.75, 3.05) is 32.5 Å². The summed E-state index contributed by atoms with van der Waals surface area (Å²) in [5, 5.41) is 0. The van der Waals surface area contributed by atoms with Crippen LogP contribution in [0.4, 0.5) is 4.39 Å². The predicted octanol–water partition coefficient (Wildman–Crippen LogP) is 2.25. The zero-order chi connectivity index (χ0) is 25.6. The molecule has 1 atom stereocenters. The van der Waals surface area contributed by atoms with E-state index in [1.165, 1.54) is 12.1 Å². The number of carbonyl (C=O) groups is 2. The molecular formula is C25H32FN3O5S. The van der Waals surface area contributed by atoms with Gasteiger partial charge in [0, 0.05) is 37.8 Å². The summed E-state index contributed by atoms with van der Waals surface area (Å²) in [6.07, 6.45) is 1.52. The Bertz CT molecular complexity index is 1150. The summed E-state index contributed by atoms with van der Waals surface area (Å²) in [4.78, 5) is 29.2. The smallest absolute Gasteiger partial charge is 0.260 e. The molecule has 10 heteroatoms. The highest BCUT2D eigenvalue weighted by Crippen LogP contribution is 2.22. The first-order valence-corrected chi connectivity index (χ1v) is 13.4. The number of benzene rings is 2. The Balaban J connectivity index is 1.60. The van der Waals surface area contributed by atoms with Gasteiger partial charge in [-0.15, -0.1) is 0 Å². The van der Waals surface area contributed by atoms with Gasteiger partial charge in [-0.05, 0) is 37.1 Å². The summed E-state index contributed by atoms with van der Waals surface area (Å²) >= 11 is 0. The molecule has 2 amide bonds. The number of rotatable bonds is 9. The van der Waals surface area contributed by atoms with E-state index < -0.39 is 15.9 Å². The molecule has 2 aromatic rings. The van der Waals surface area contributed by atoms with Crippen LogP contribution in [-0.2, 0) is 32.6 Å². The lowest BCUT2D eigenvalue weighted by molar-refractivity contribution is -0.138. The van der Waals surface area contributed by atoms with Crippen molar-refractivity contribution >= 4 is 21.8 Å². The van der Waals surface area contributed by atoms with Crippen LogP contribution >= 0.6 is 0 Å². The molecule has 0 aliphatic carbocycles. The van der Waals surface area contributed by atoms with Gasteiger partial charge in [-0.2, -0.15) is 0 Å². The highest BCUT2D eigenvalue weighted by molar-refractivity contribution is 7.89. The second kappa shape index (κ2) is 11.6. The van der Waals surface area contributed by atoms with Gasteiger partial charge in [-0.1, -0.05) is 36.8 Å². The fraction of sp³-hybridized carbons (Fsp3) is 0.440. The first-order valence-electron chi connectivity index (χ1n) is 11.5. The third-order valence-corrected chi connectivity index (χ3v) is 6.49. The molecule has 35 heavy (non-hydrogen) atoms.